The molecular formula is C14H19FN2O3. The van der Waals surface area contributed by atoms with Gasteiger partial charge in [-0.3, -0.25) is 9.59 Å². The van der Waals surface area contributed by atoms with Crippen LogP contribution in [-0.2, 0) is 9.53 Å². The number of benzene rings is 1. The summed E-state index contributed by atoms with van der Waals surface area (Å²) in [7, 11) is 3.07. The Labute approximate surface area is 117 Å². The first-order valence-electron chi connectivity index (χ1n) is 6.23. The van der Waals surface area contributed by atoms with E-state index < -0.39 is 0 Å². The van der Waals surface area contributed by atoms with Crippen molar-refractivity contribution in [2.45, 2.75) is 6.92 Å². The van der Waals surface area contributed by atoms with Gasteiger partial charge in [0.05, 0.1) is 13.2 Å². The standard InChI is InChI=1S/C14H19FN2O3/c1-10-8-11(4-5-12(10)15)14(19)17(2)9-13(18)16-6-7-20-3/h4-5,8H,6-7,9H2,1-3H3,(H,16,18). The summed E-state index contributed by atoms with van der Waals surface area (Å²) in [6.45, 7) is 2.34. The molecule has 0 unspecified atom stereocenters. The zero-order valence-electron chi connectivity index (χ0n) is 11.9. The Hall–Kier alpha value is -1.95. The van der Waals surface area contributed by atoms with Crippen LogP contribution >= 0.6 is 0 Å². The Morgan fingerprint density at radius 2 is 2.10 bits per heavy atom. The van der Waals surface area contributed by atoms with Gasteiger partial charge in [-0.2, -0.15) is 0 Å². The van der Waals surface area contributed by atoms with Gasteiger partial charge in [0.2, 0.25) is 5.91 Å². The third kappa shape index (κ3) is 4.62. The van der Waals surface area contributed by atoms with Crippen LogP contribution < -0.4 is 5.32 Å². The van der Waals surface area contributed by atoms with Crippen molar-refractivity contribution < 1.29 is 18.7 Å². The second-order valence-corrected chi connectivity index (χ2v) is 4.47. The fourth-order valence-electron chi connectivity index (χ4n) is 1.63. The summed E-state index contributed by atoms with van der Waals surface area (Å²) in [4.78, 5) is 24.9. The number of ether oxygens (including phenoxy) is 1. The second kappa shape index (κ2) is 7.59. The molecule has 0 saturated carbocycles. The van der Waals surface area contributed by atoms with Gasteiger partial charge in [-0.15, -0.1) is 0 Å². The summed E-state index contributed by atoms with van der Waals surface area (Å²) < 4.78 is 18.0. The molecule has 0 aliphatic heterocycles. The van der Waals surface area contributed by atoms with Gasteiger partial charge in [-0.05, 0) is 30.7 Å². The average molecular weight is 282 g/mol. The Balaban J connectivity index is 2.58. The van der Waals surface area contributed by atoms with E-state index >= 15 is 0 Å². The first-order valence-corrected chi connectivity index (χ1v) is 6.23. The van der Waals surface area contributed by atoms with E-state index in [-0.39, 0.29) is 24.2 Å². The predicted octanol–water partition coefficient (Wildman–Crippen LogP) is 0.969. The first-order chi connectivity index (χ1) is 9.45. The molecule has 0 heterocycles. The highest BCUT2D eigenvalue weighted by atomic mass is 19.1. The largest absolute Gasteiger partial charge is 0.383 e. The molecule has 0 aliphatic rings. The van der Waals surface area contributed by atoms with Crippen LogP contribution in [-0.4, -0.2) is 50.6 Å². The van der Waals surface area contributed by atoms with E-state index in [1.807, 2.05) is 0 Å². The number of hydrogen-bond donors (Lipinski definition) is 1. The third-order valence-corrected chi connectivity index (χ3v) is 2.76. The molecule has 1 aromatic carbocycles. The molecule has 1 aromatic rings. The Kier molecular flexibility index (Phi) is 6.11. The average Bonchev–Trinajstić information content (AvgIpc) is 2.41. The Morgan fingerprint density at radius 1 is 1.40 bits per heavy atom. The zero-order chi connectivity index (χ0) is 15.1. The van der Waals surface area contributed by atoms with E-state index in [2.05, 4.69) is 5.32 Å². The fourth-order valence-corrected chi connectivity index (χ4v) is 1.63. The van der Waals surface area contributed by atoms with Gasteiger partial charge in [0.25, 0.3) is 5.91 Å². The molecule has 2 amide bonds. The van der Waals surface area contributed by atoms with E-state index in [4.69, 9.17) is 4.74 Å². The van der Waals surface area contributed by atoms with Crippen molar-refractivity contribution in [1.29, 1.82) is 0 Å². The van der Waals surface area contributed by atoms with Crippen LogP contribution in [0.3, 0.4) is 0 Å². The lowest BCUT2D eigenvalue weighted by Gasteiger charge is -2.17. The molecule has 1 N–H and O–H groups in total. The van der Waals surface area contributed by atoms with Crippen molar-refractivity contribution in [2.24, 2.45) is 0 Å². The lowest BCUT2D eigenvalue weighted by Crippen LogP contribution is -2.39. The lowest BCUT2D eigenvalue weighted by atomic mass is 10.1. The van der Waals surface area contributed by atoms with Gasteiger partial charge < -0.3 is 15.0 Å². The molecule has 0 aromatic heterocycles. The van der Waals surface area contributed by atoms with Gasteiger partial charge in [-0.25, -0.2) is 4.39 Å². The molecule has 0 saturated heterocycles. The number of nitrogens with one attached hydrogen (secondary N) is 1. The molecule has 1 rings (SSSR count). The molecule has 0 aliphatic carbocycles. The second-order valence-electron chi connectivity index (χ2n) is 4.47. The van der Waals surface area contributed by atoms with Crippen LogP contribution in [0.4, 0.5) is 4.39 Å². The minimum Gasteiger partial charge on any atom is -0.383 e. The highest BCUT2D eigenvalue weighted by molar-refractivity contribution is 5.96. The van der Waals surface area contributed by atoms with E-state index in [1.165, 1.54) is 30.1 Å². The molecule has 20 heavy (non-hydrogen) atoms. The van der Waals surface area contributed by atoms with Crippen LogP contribution in [0, 0.1) is 12.7 Å². The maximum absolute atomic E-state index is 13.1. The topological polar surface area (TPSA) is 58.6 Å². The van der Waals surface area contributed by atoms with E-state index in [0.29, 0.717) is 24.3 Å². The number of nitrogens with zero attached hydrogens (tertiary/aromatic N) is 1. The maximum Gasteiger partial charge on any atom is 0.254 e. The quantitative estimate of drug-likeness (QED) is 0.791. The number of aryl methyl sites for hydroxylation is 1. The van der Waals surface area contributed by atoms with Crippen molar-refractivity contribution >= 4 is 11.8 Å². The molecule has 0 spiro atoms. The van der Waals surface area contributed by atoms with Crippen molar-refractivity contribution in [2.75, 3.05) is 33.9 Å². The van der Waals surface area contributed by atoms with Crippen LogP contribution in [0.15, 0.2) is 18.2 Å². The van der Waals surface area contributed by atoms with Crippen molar-refractivity contribution in [3.05, 3.63) is 35.1 Å². The maximum atomic E-state index is 13.1. The zero-order valence-corrected chi connectivity index (χ0v) is 11.9. The minimum atomic E-state index is -0.360. The number of halogens is 1. The number of carbonyl (C=O) groups excluding carboxylic acids is 2. The van der Waals surface area contributed by atoms with Crippen molar-refractivity contribution in [3.63, 3.8) is 0 Å². The summed E-state index contributed by atoms with van der Waals surface area (Å²) in [6, 6.07) is 4.12. The smallest absolute Gasteiger partial charge is 0.254 e. The molecule has 110 valence electrons. The Morgan fingerprint density at radius 3 is 2.70 bits per heavy atom. The van der Waals surface area contributed by atoms with E-state index in [1.54, 1.807) is 14.0 Å². The predicted molar refractivity (Wildman–Crippen MR) is 73.0 cm³/mol. The summed E-state index contributed by atoms with van der Waals surface area (Å²) in [5, 5.41) is 2.62. The summed E-state index contributed by atoms with van der Waals surface area (Å²) in [6.07, 6.45) is 0. The van der Waals surface area contributed by atoms with Crippen LogP contribution in [0.25, 0.3) is 0 Å². The van der Waals surface area contributed by atoms with Gasteiger partial charge in [0.1, 0.15) is 5.82 Å². The molecular weight excluding hydrogens is 263 g/mol. The normalized spacial score (nSPS) is 10.2. The van der Waals surface area contributed by atoms with Gasteiger partial charge in [0, 0.05) is 26.3 Å². The number of amides is 2. The molecule has 0 atom stereocenters. The molecule has 5 nitrogen and oxygen atoms in total. The SMILES string of the molecule is COCCNC(=O)CN(C)C(=O)c1ccc(F)c(C)c1. The number of carbonyl (C=O) groups is 2. The summed E-state index contributed by atoms with van der Waals surface area (Å²) in [5.74, 6) is -0.951. The van der Waals surface area contributed by atoms with E-state index in [0.717, 1.165) is 0 Å². The van der Waals surface area contributed by atoms with Crippen LogP contribution in [0.2, 0.25) is 0 Å². The number of methoxy groups -OCH3 is 1. The van der Waals surface area contributed by atoms with Gasteiger partial charge in [0.15, 0.2) is 0 Å². The molecule has 0 bridgehead atoms. The van der Waals surface area contributed by atoms with Crippen LogP contribution in [0.1, 0.15) is 15.9 Å². The van der Waals surface area contributed by atoms with Crippen molar-refractivity contribution in [3.8, 4) is 0 Å². The van der Waals surface area contributed by atoms with Gasteiger partial charge in [-0.1, -0.05) is 0 Å². The highest BCUT2D eigenvalue weighted by Gasteiger charge is 2.15. The first kappa shape index (κ1) is 16.1. The summed E-state index contributed by atoms with van der Waals surface area (Å²) >= 11 is 0. The number of hydrogen-bond acceptors (Lipinski definition) is 3. The highest BCUT2D eigenvalue weighted by Crippen LogP contribution is 2.10. The monoisotopic (exact) mass is 282 g/mol. The van der Waals surface area contributed by atoms with Gasteiger partial charge >= 0.3 is 0 Å². The lowest BCUT2D eigenvalue weighted by molar-refractivity contribution is -0.121. The van der Waals surface area contributed by atoms with Crippen molar-refractivity contribution in [1.82, 2.24) is 10.2 Å². The fraction of sp³-hybridized carbons (Fsp3) is 0.429. The molecule has 6 heteroatoms. The van der Waals surface area contributed by atoms with Crippen LogP contribution in [0.5, 0.6) is 0 Å². The minimum absolute atomic E-state index is 0.0566. The Bertz CT molecular complexity index is 491. The number of rotatable bonds is 6. The summed E-state index contributed by atoms with van der Waals surface area (Å²) in [5.41, 5.74) is 0.755. The molecule has 0 fully saturated rings. The number of likely N-dealkylation sites (N-methyl/N-ethyl adjacent to an activating group) is 1. The van der Waals surface area contributed by atoms with E-state index in [9.17, 15) is 14.0 Å². The third-order valence-electron chi connectivity index (χ3n) is 2.76. The molecule has 0 radical (unpaired) electrons.